The molecule has 1 N–H and O–H groups in total. The van der Waals surface area contributed by atoms with Crippen LogP contribution in [-0.2, 0) is 13.1 Å². The quantitative estimate of drug-likeness (QED) is 0.314. The van der Waals surface area contributed by atoms with Crippen molar-refractivity contribution >= 4 is 56.6 Å². The van der Waals surface area contributed by atoms with Crippen molar-refractivity contribution in [2.24, 2.45) is 0 Å². The summed E-state index contributed by atoms with van der Waals surface area (Å²) in [6, 6.07) is 9.96. The van der Waals surface area contributed by atoms with Crippen molar-refractivity contribution in [2.75, 3.05) is 5.32 Å². The molecule has 6 heterocycles. The van der Waals surface area contributed by atoms with E-state index in [0.29, 0.717) is 13.1 Å². The summed E-state index contributed by atoms with van der Waals surface area (Å²) in [5, 5.41) is 12.2. The number of anilines is 1. The van der Waals surface area contributed by atoms with Gasteiger partial charge in [0.05, 0.1) is 44.6 Å². The minimum atomic E-state index is 0.595. The van der Waals surface area contributed by atoms with Crippen LogP contribution in [0.5, 0.6) is 0 Å². The van der Waals surface area contributed by atoms with E-state index in [1.165, 1.54) is 11.3 Å². The number of rotatable bonds is 6. The molecular formula is C23H18ClN7S2. The predicted octanol–water partition coefficient (Wildman–Crippen LogP) is 5.89. The Morgan fingerprint density at radius 2 is 2.00 bits per heavy atom. The van der Waals surface area contributed by atoms with Gasteiger partial charge in [0.15, 0.2) is 0 Å². The molecule has 0 bridgehead atoms. The van der Waals surface area contributed by atoms with Crippen molar-refractivity contribution in [3.8, 4) is 10.6 Å². The fourth-order valence-corrected chi connectivity index (χ4v) is 5.59. The first kappa shape index (κ1) is 20.3. The van der Waals surface area contributed by atoms with Crippen molar-refractivity contribution in [1.29, 1.82) is 0 Å². The molecule has 6 aromatic rings. The highest BCUT2D eigenvalue weighted by Gasteiger charge is 2.11. The molecule has 0 aliphatic heterocycles. The van der Waals surface area contributed by atoms with E-state index in [-0.39, 0.29) is 0 Å². The lowest BCUT2D eigenvalue weighted by Gasteiger charge is -2.04. The van der Waals surface area contributed by atoms with E-state index in [0.717, 1.165) is 53.5 Å². The number of nitrogens with zero attached hydrogens (tertiary/aromatic N) is 6. The van der Waals surface area contributed by atoms with Crippen LogP contribution in [0.4, 0.5) is 5.82 Å². The van der Waals surface area contributed by atoms with Crippen LogP contribution in [0.25, 0.3) is 27.1 Å². The number of hydrogen-bond donors (Lipinski definition) is 1. The first-order valence-corrected chi connectivity index (χ1v) is 12.4. The Kier molecular flexibility index (Phi) is 5.09. The Balaban J connectivity index is 1.21. The summed E-state index contributed by atoms with van der Waals surface area (Å²) in [6.45, 7) is 3.26. The van der Waals surface area contributed by atoms with Gasteiger partial charge in [-0.15, -0.1) is 22.7 Å². The molecule has 0 fully saturated rings. The molecule has 0 aliphatic rings. The summed E-state index contributed by atoms with van der Waals surface area (Å²) in [7, 11) is 0. The third kappa shape index (κ3) is 4.10. The van der Waals surface area contributed by atoms with Crippen LogP contribution in [0.3, 0.4) is 0 Å². The number of thiophene rings is 1. The van der Waals surface area contributed by atoms with Crippen molar-refractivity contribution in [2.45, 2.75) is 20.0 Å². The molecule has 164 valence electrons. The van der Waals surface area contributed by atoms with Crippen molar-refractivity contribution in [1.82, 2.24) is 29.1 Å². The number of nitrogens with one attached hydrogen (secondary N) is 1. The third-order valence-electron chi connectivity index (χ3n) is 5.24. The molecule has 6 aromatic heterocycles. The lowest BCUT2D eigenvalue weighted by atomic mass is 10.3. The molecule has 0 atom stereocenters. The predicted molar refractivity (Wildman–Crippen MR) is 134 cm³/mol. The summed E-state index contributed by atoms with van der Waals surface area (Å²) >= 11 is 9.21. The van der Waals surface area contributed by atoms with E-state index in [4.69, 9.17) is 21.7 Å². The van der Waals surface area contributed by atoms with Gasteiger partial charge < -0.3 is 9.72 Å². The van der Waals surface area contributed by atoms with Crippen molar-refractivity contribution in [3.05, 3.63) is 81.1 Å². The Labute approximate surface area is 202 Å². The summed E-state index contributed by atoms with van der Waals surface area (Å²) in [5.41, 5.74) is 4.97. The third-order valence-corrected chi connectivity index (χ3v) is 7.35. The maximum Gasteiger partial charge on any atom is 0.137 e. The van der Waals surface area contributed by atoms with E-state index in [1.54, 1.807) is 17.5 Å². The van der Waals surface area contributed by atoms with Crippen LogP contribution in [0.1, 0.15) is 16.3 Å². The van der Waals surface area contributed by atoms with Crippen LogP contribution in [0.2, 0.25) is 4.34 Å². The van der Waals surface area contributed by atoms with Crippen molar-refractivity contribution < 1.29 is 0 Å². The van der Waals surface area contributed by atoms with Gasteiger partial charge in [-0.1, -0.05) is 17.7 Å². The number of hydrogen-bond acceptors (Lipinski definition) is 7. The minimum absolute atomic E-state index is 0.595. The first-order chi connectivity index (χ1) is 16.1. The van der Waals surface area contributed by atoms with Crippen LogP contribution < -0.4 is 5.32 Å². The molecular weight excluding hydrogens is 474 g/mol. The Morgan fingerprint density at radius 3 is 2.88 bits per heavy atom. The highest BCUT2D eigenvalue weighted by molar-refractivity contribution is 7.19. The second kappa shape index (κ2) is 8.26. The second-order valence-electron chi connectivity index (χ2n) is 7.69. The average Bonchev–Trinajstić information content (AvgIpc) is 3.57. The van der Waals surface area contributed by atoms with Gasteiger partial charge in [0.25, 0.3) is 0 Å². The molecule has 10 heteroatoms. The van der Waals surface area contributed by atoms with Crippen molar-refractivity contribution in [3.63, 3.8) is 0 Å². The maximum absolute atomic E-state index is 6.06. The van der Waals surface area contributed by atoms with Gasteiger partial charge in [-0.3, -0.25) is 4.68 Å². The van der Waals surface area contributed by atoms with E-state index >= 15 is 0 Å². The molecule has 0 spiro atoms. The van der Waals surface area contributed by atoms with Crippen LogP contribution in [0.15, 0.2) is 60.5 Å². The Morgan fingerprint density at radius 1 is 1.06 bits per heavy atom. The molecule has 0 unspecified atom stereocenters. The van der Waals surface area contributed by atoms with Gasteiger partial charge >= 0.3 is 0 Å². The van der Waals surface area contributed by atoms with Gasteiger partial charge in [-0.2, -0.15) is 5.10 Å². The Bertz CT molecular complexity index is 1590. The van der Waals surface area contributed by atoms with Gasteiger partial charge in [0.2, 0.25) is 0 Å². The summed E-state index contributed by atoms with van der Waals surface area (Å²) < 4.78 is 4.77. The maximum atomic E-state index is 6.06. The average molecular weight is 492 g/mol. The zero-order valence-corrected chi connectivity index (χ0v) is 20.0. The molecule has 0 aliphatic carbocycles. The number of fused-ring (bicyclic) bond motifs is 2. The highest BCUT2D eigenvalue weighted by atomic mass is 35.5. The van der Waals surface area contributed by atoms with E-state index in [2.05, 4.69) is 37.3 Å². The second-order valence-corrected chi connectivity index (χ2v) is 10.3. The summed E-state index contributed by atoms with van der Waals surface area (Å²) in [4.78, 5) is 14.8. The lowest BCUT2D eigenvalue weighted by Crippen LogP contribution is -2.01. The summed E-state index contributed by atoms with van der Waals surface area (Å²) in [5.74, 6) is 0.801. The lowest BCUT2D eigenvalue weighted by molar-refractivity contribution is 0.693. The zero-order chi connectivity index (χ0) is 22.4. The van der Waals surface area contributed by atoms with Crippen LogP contribution in [0, 0.1) is 6.92 Å². The molecule has 6 rings (SSSR count). The normalized spacial score (nSPS) is 11.6. The number of aromatic nitrogens is 6. The van der Waals surface area contributed by atoms with E-state index in [1.807, 2.05) is 48.3 Å². The standard InChI is InChI=1S/C23H18ClN7S2/c1-14-9-30-10-15(2-5-21(30)27-14)11-31-12-16-17(29-31)6-7-25-23(16)26-8-22-28-18(13-32-22)19-3-4-20(24)33-19/h2-7,9-10,12-13H,8,11H2,1H3,(H,25,26). The fourth-order valence-electron chi connectivity index (χ4n) is 3.78. The number of thiazole rings is 1. The van der Waals surface area contributed by atoms with Gasteiger partial charge in [-0.25, -0.2) is 15.0 Å². The molecule has 0 saturated carbocycles. The summed E-state index contributed by atoms with van der Waals surface area (Å²) in [6.07, 6.45) is 7.94. The number of imidazole rings is 1. The van der Waals surface area contributed by atoms with Gasteiger partial charge in [0.1, 0.15) is 16.5 Å². The van der Waals surface area contributed by atoms with Crippen LogP contribution in [-0.4, -0.2) is 29.1 Å². The largest absolute Gasteiger partial charge is 0.363 e. The molecule has 0 radical (unpaired) electrons. The minimum Gasteiger partial charge on any atom is -0.363 e. The molecule has 0 saturated heterocycles. The topological polar surface area (TPSA) is 72.9 Å². The smallest absolute Gasteiger partial charge is 0.137 e. The fraction of sp³-hybridized carbons (Fsp3) is 0.130. The molecule has 0 aromatic carbocycles. The first-order valence-electron chi connectivity index (χ1n) is 10.3. The molecule has 0 amide bonds. The van der Waals surface area contributed by atoms with E-state index in [9.17, 15) is 0 Å². The van der Waals surface area contributed by atoms with Gasteiger partial charge in [0, 0.05) is 30.2 Å². The van der Waals surface area contributed by atoms with Gasteiger partial charge in [-0.05, 0) is 36.8 Å². The SMILES string of the molecule is Cc1cn2cc(Cn3cc4c(NCc5nc(-c6ccc(Cl)s6)cs5)nccc4n3)ccc2n1. The van der Waals surface area contributed by atoms with E-state index < -0.39 is 0 Å². The molecule has 33 heavy (non-hydrogen) atoms. The van der Waals surface area contributed by atoms with Crippen LogP contribution >= 0.6 is 34.3 Å². The molecule has 7 nitrogen and oxygen atoms in total. The highest BCUT2D eigenvalue weighted by Crippen LogP contribution is 2.32. The number of aryl methyl sites for hydroxylation is 1. The monoisotopic (exact) mass is 491 g/mol. The zero-order valence-electron chi connectivity index (χ0n) is 17.6. The number of halogens is 1. The Hall–Kier alpha value is -3.27. The number of pyridine rings is 2.